The van der Waals surface area contributed by atoms with E-state index < -0.39 is 5.60 Å². The number of hydrogen-bond donors (Lipinski definition) is 1. The zero-order valence-corrected chi connectivity index (χ0v) is 14.2. The SMILES string of the molecule is CC(C)(C)OC(=O)N1CCC(CN)CC1.CCC(C)C. The number of nitrogens with two attached hydrogens (primary N) is 1. The van der Waals surface area contributed by atoms with Gasteiger partial charge in [-0.25, -0.2) is 4.79 Å². The molecule has 120 valence electrons. The highest BCUT2D eigenvalue weighted by Gasteiger charge is 2.26. The Morgan fingerprint density at radius 3 is 2.05 bits per heavy atom. The largest absolute Gasteiger partial charge is 0.444 e. The normalized spacial score (nSPS) is 16.7. The van der Waals surface area contributed by atoms with E-state index in [1.54, 1.807) is 4.90 Å². The molecule has 4 nitrogen and oxygen atoms in total. The van der Waals surface area contributed by atoms with E-state index in [2.05, 4.69) is 20.8 Å². The maximum Gasteiger partial charge on any atom is 0.410 e. The molecule has 1 fully saturated rings. The Morgan fingerprint density at radius 2 is 1.75 bits per heavy atom. The van der Waals surface area contributed by atoms with Gasteiger partial charge in [0.05, 0.1) is 0 Å². The van der Waals surface area contributed by atoms with Crippen LogP contribution in [0.25, 0.3) is 0 Å². The van der Waals surface area contributed by atoms with E-state index in [0.29, 0.717) is 5.92 Å². The molecule has 0 bridgehead atoms. The Kier molecular flexibility index (Phi) is 8.86. The molecular formula is C16H34N2O2. The molecule has 0 unspecified atom stereocenters. The van der Waals surface area contributed by atoms with Gasteiger partial charge < -0.3 is 15.4 Å². The van der Waals surface area contributed by atoms with Crippen molar-refractivity contribution in [3.63, 3.8) is 0 Å². The van der Waals surface area contributed by atoms with Gasteiger partial charge in [-0.05, 0) is 52.0 Å². The number of carbonyl (C=O) groups is 1. The number of amides is 1. The van der Waals surface area contributed by atoms with Crippen LogP contribution in [0.3, 0.4) is 0 Å². The molecule has 0 spiro atoms. The molecule has 0 aromatic rings. The van der Waals surface area contributed by atoms with Gasteiger partial charge in [0.2, 0.25) is 0 Å². The predicted octanol–water partition coefficient (Wildman–Crippen LogP) is 3.64. The van der Waals surface area contributed by atoms with E-state index in [-0.39, 0.29) is 6.09 Å². The van der Waals surface area contributed by atoms with Gasteiger partial charge in [0.1, 0.15) is 5.60 Å². The second-order valence-electron chi connectivity index (χ2n) is 6.95. The third-order valence-corrected chi connectivity index (χ3v) is 3.42. The molecule has 0 aromatic heterocycles. The van der Waals surface area contributed by atoms with Gasteiger partial charge in [-0.3, -0.25) is 0 Å². The smallest absolute Gasteiger partial charge is 0.410 e. The molecule has 1 saturated heterocycles. The summed E-state index contributed by atoms with van der Waals surface area (Å²) in [5.74, 6) is 1.46. The molecule has 4 heteroatoms. The zero-order valence-electron chi connectivity index (χ0n) is 14.2. The highest BCUT2D eigenvalue weighted by atomic mass is 16.6. The van der Waals surface area contributed by atoms with Crippen LogP contribution in [0.2, 0.25) is 0 Å². The molecule has 2 N–H and O–H groups in total. The van der Waals surface area contributed by atoms with Crippen LogP contribution in [0.1, 0.15) is 60.8 Å². The second-order valence-corrected chi connectivity index (χ2v) is 6.95. The van der Waals surface area contributed by atoms with Crippen molar-refractivity contribution >= 4 is 6.09 Å². The summed E-state index contributed by atoms with van der Waals surface area (Å²) in [6.07, 6.45) is 3.10. The summed E-state index contributed by atoms with van der Waals surface area (Å²) in [5, 5.41) is 0. The number of rotatable bonds is 2. The summed E-state index contributed by atoms with van der Waals surface area (Å²) >= 11 is 0. The quantitative estimate of drug-likeness (QED) is 0.843. The highest BCUT2D eigenvalue weighted by molar-refractivity contribution is 5.68. The molecular weight excluding hydrogens is 252 g/mol. The van der Waals surface area contributed by atoms with Crippen molar-refractivity contribution in [1.82, 2.24) is 4.90 Å². The third-order valence-electron chi connectivity index (χ3n) is 3.42. The molecule has 1 amide bonds. The molecule has 0 aliphatic carbocycles. The Hall–Kier alpha value is -0.770. The summed E-state index contributed by atoms with van der Waals surface area (Å²) in [5.41, 5.74) is 5.19. The number of nitrogens with zero attached hydrogens (tertiary/aromatic N) is 1. The van der Waals surface area contributed by atoms with Crippen molar-refractivity contribution in [2.24, 2.45) is 17.6 Å². The van der Waals surface area contributed by atoms with Crippen molar-refractivity contribution in [1.29, 1.82) is 0 Å². The average molecular weight is 286 g/mol. The topological polar surface area (TPSA) is 55.6 Å². The first-order chi connectivity index (χ1) is 9.19. The lowest BCUT2D eigenvalue weighted by atomic mass is 9.97. The van der Waals surface area contributed by atoms with E-state index in [1.165, 1.54) is 6.42 Å². The average Bonchev–Trinajstić information content (AvgIpc) is 2.37. The molecule has 1 rings (SSSR count). The minimum Gasteiger partial charge on any atom is -0.444 e. The molecule has 0 radical (unpaired) electrons. The van der Waals surface area contributed by atoms with Crippen LogP contribution in [0.5, 0.6) is 0 Å². The summed E-state index contributed by atoms with van der Waals surface area (Å²) in [4.78, 5) is 13.5. The fraction of sp³-hybridized carbons (Fsp3) is 0.938. The summed E-state index contributed by atoms with van der Waals surface area (Å²) in [6.45, 7) is 14.6. The lowest BCUT2D eigenvalue weighted by molar-refractivity contribution is 0.0187. The van der Waals surface area contributed by atoms with Crippen molar-refractivity contribution in [3.05, 3.63) is 0 Å². The minimum absolute atomic E-state index is 0.196. The number of ether oxygens (including phenoxy) is 1. The lowest BCUT2D eigenvalue weighted by Crippen LogP contribution is -2.42. The summed E-state index contributed by atoms with van der Waals surface area (Å²) < 4.78 is 5.30. The molecule has 1 aliphatic heterocycles. The van der Waals surface area contributed by atoms with Crippen molar-refractivity contribution < 1.29 is 9.53 Å². The van der Waals surface area contributed by atoms with Crippen LogP contribution in [-0.4, -0.2) is 36.2 Å². The van der Waals surface area contributed by atoms with Gasteiger partial charge in [-0.15, -0.1) is 0 Å². The van der Waals surface area contributed by atoms with Crippen LogP contribution in [-0.2, 0) is 4.74 Å². The first-order valence-electron chi connectivity index (χ1n) is 7.87. The Balaban J connectivity index is 0.000000621. The van der Waals surface area contributed by atoms with Gasteiger partial charge in [0.25, 0.3) is 0 Å². The minimum atomic E-state index is -0.401. The van der Waals surface area contributed by atoms with Crippen molar-refractivity contribution in [2.75, 3.05) is 19.6 Å². The Morgan fingerprint density at radius 1 is 1.30 bits per heavy atom. The molecule has 0 aromatic carbocycles. The predicted molar refractivity (Wildman–Crippen MR) is 84.7 cm³/mol. The first kappa shape index (κ1) is 19.2. The van der Waals surface area contributed by atoms with Crippen LogP contribution in [0.15, 0.2) is 0 Å². The van der Waals surface area contributed by atoms with E-state index in [4.69, 9.17) is 10.5 Å². The van der Waals surface area contributed by atoms with Crippen LogP contribution in [0, 0.1) is 11.8 Å². The molecule has 1 aliphatic rings. The standard InChI is InChI=1S/C11H22N2O2.C5H12/c1-11(2,3)15-10(14)13-6-4-9(8-12)5-7-13;1-4-5(2)3/h9H,4-8,12H2,1-3H3;5H,4H2,1-3H3. The van der Waals surface area contributed by atoms with E-state index >= 15 is 0 Å². The van der Waals surface area contributed by atoms with Gasteiger partial charge in [0, 0.05) is 13.1 Å². The summed E-state index contributed by atoms with van der Waals surface area (Å²) in [7, 11) is 0. The van der Waals surface area contributed by atoms with E-state index in [1.807, 2.05) is 20.8 Å². The number of piperidine rings is 1. The maximum absolute atomic E-state index is 11.7. The zero-order chi connectivity index (χ0) is 15.8. The summed E-state index contributed by atoms with van der Waals surface area (Å²) in [6, 6.07) is 0. The van der Waals surface area contributed by atoms with Crippen molar-refractivity contribution in [2.45, 2.75) is 66.4 Å². The van der Waals surface area contributed by atoms with Gasteiger partial charge in [0.15, 0.2) is 0 Å². The Labute approximate surface area is 125 Å². The highest BCUT2D eigenvalue weighted by Crippen LogP contribution is 2.18. The van der Waals surface area contributed by atoms with Crippen LogP contribution in [0.4, 0.5) is 4.79 Å². The molecule has 20 heavy (non-hydrogen) atoms. The monoisotopic (exact) mass is 286 g/mol. The van der Waals surface area contributed by atoms with Gasteiger partial charge >= 0.3 is 6.09 Å². The second kappa shape index (κ2) is 9.22. The van der Waals surface area contributed by atoms with Crippen LogP contribution < -0.4 is 5.73 Å². The third kappa shape index (κ3) is 9.18. The van der Waals surface area contributed by atoms with E-state index in [9.17, 15) is 4.79 Å². The number of likely N-dealkylation sites (tertiary alicyclic amines) is 1. The molecule has 1 heterocycles. The molecule has 0 saturated carbocycles. The van der Waals surface area contributed by atoms with Crippen LogP contribution >= 0.6 is 0 Å². The number of carbonyl (C=O) groups excluding carboxylic acids is 1. The fourth-order valence-electron chi connectivity index (χ4n) is 1.68. The molecule has 0 atom stereocenters. The lowest BCUT2D eigenvalue weighted by Gasteiger charge is -2.32. The van der Waals surface area contributed by atoms with Crippen molar-refractivity contribution in [3.8, 4) is 0 Å². The van der Waals surface area contributed by atoms with E-state index in [0.717, 1.165) is 38.4 Å². The number of hydrogen-bond acceptors (Lipinski definition) is 3. The first-order valence-corrected chi connectivity index (χ1v) is 7.87. The Bertz CT molecular complexity index is 264. The maximum atomic E-state index is 11.7. The fourth-order valence-corrected chi connectivity index (χ4v) is 1.68. The van der Waals surface area contributed by atoms with Gasteiger partial charge in [-0.1, -0.05) is 27.2 Å². The van der Waals surface area contributed by atoms with Gasteiger partial charge in [-0.2, -0.15) is 0 Å².